The maximum Gasteiger partial charge on any atom is 0.00788 e. The molecule has 0 saturated carbocycles. The molecule has 0 aromatic heterocycles. The number of nitrogens with zero attached hydrogens (tertiary/aromatic N) is 3. The van der Waals surface area contributed by atoms with Gasteiger partial charge in [-0.15, -0.1) is 0 Å². The van der Waals surface area contributed by atoms with E-state index < -0.39 is 0 Å². The van der Waals surface area contributed by atoms with E-state index in [-0.39, 0.29) is 0 Å². The van der Waals surface area contributed by atoms with Crippen molar-refractivity contribution in [3.05, 3.63) is 58.6 Å². The molecule has 1 rings (SSSR count). The quantitative estimate of drug-likeness (QED) is 0.382. The van der Waals surface area contributed by atoms with Crippen molar-refractivity contribution < 1.29 is 0 Å². The van der Waals surface area contributed by atoms with Gasteiger partial charge in [0.2, 0.25) is 0 Å². The Morgan fingerprint density at radius 2 is 2.07 bits per heavy atom. The minimum atomic E-state index is 0.614. The fourth-order valence-electron chi connectivity index (χ4n) is 1.25. The van der Waals surface area contributed by atoms with E-state index in [1.165, 1.54) is 5.56 Å². The molecular weight excluding hydrogens is 174 g/mol. The Hall–Kier alpha value is -1.73. The minimum Gasteiger partial charge on any atom is -0.0936 e. The molecule has 0 atom stereocenters. The number of hydrogen-bond acceptors (Lipinski definition) is 1. The van der Waals surface area contributed by atoms with E-state index in [1.54, 1.807) is 0 Å². The van der Waals surface area contributed by atoms with Crippen molar-refractivity contribution in [2.75, 3.05) is 0 Å². The fourth-order valence-corrected chi connectivity index (χ4v) is 1.25. The van der Waals surface area contributed by atoms with Crippen LogP contribution in [0.2, 0.25) is 0 Å². The molecule has 0 amide bonds. The van der Waals surface area contributed by atoms with E-state index in [4.69, 9.17) is 5.53 Å². The van der Waals surface area contributed by atoms with Crippen LogP contribution in [-0.4, -0.2) is 0 Å². The monoisotopic (exact) mass is 187 g/mol. The van der Waals surface area contributed by atoms with Gasteiger partial charge in [-0.25, -0.2) is 0 Å². The standard InChI is InChI=1S/C11H13N3/c1-10(13-14-12)6-5-9-11-7-3-2-4-8-11/h2-4,7-8H,1,5-6,9H2. The van der Waals surface area contributed by atoms with Crippen LogP contribution in [0.1, 0.15) is 18.4 Å². The highest BCUT2D eigenvalue weighted by atomic mass is 15.1. The Balaban J connectivity index is 2.29. The SMILES string of the molecule is C=C(CCCc1ccccc1)N=[N+]=[N-]. The number of allylic oxidation sites excluding steroid dienone is 1. The predicted molar refractivity (Wildman–Crippen MR) is 57.7 cm³/mol. The van der Waals surface area contributed by atoms with Crippen LogP contribution >= 0.6 is 0 Å². The molecule has 0 spiro atoms. The maximum atomic E-state index is 8.15. The lowest BCUT2D eigenvalue weighted by Gasteiger charge is -2.00. The Morgan fingerprint density at radius 3 is 2.71 bits per heavy atom. The van der Waals surface area contributed by atoms with E-state index in [9.17, 15) is 0 Å². The Morgan fingerprint density at radius 1 is 1.36 bits per heavy atom. The third kappa shape index (κ3) is 3.78. The summed E-state index contributed by atoms with van der Waals surface area (Å²) < 4.78 is 0. The van der Waals surface area contributed by atoms with Gasteiger partial charge >= 0.3 is 0 Å². The summed E-state index contributed by atoms with van der Waals surface area (Å²) in [4.78, 5) is 2.69. The van der Waals surface area contributed by atoms with E-state index >= 15 is 0 Å². The molecule has 0 fully saturated rings. The lowest BCUT2D eigenvalue weighted by molar-refractivity contribution is 0.805. The molecule has 0 saturated heterocycles. The molecule has 14 heavy (non-hydrogen) atoms. The second kappa shape index (κ2) is 5.84. The second-order valence-electron chi connectivity index (χ2n) is 3.09. The van der Waals surface area contributed by atoms with Crippen LogP contribution in [0.25, 0.3) is 10.4 Å². The molecule has 0 aliphatic rings. The van der Waals surface area contributed by atoms with Crippen molar-refractivity contribution in [1.82, 2.24) is 0 Å². The first-order valence-corrected chi connectivity index (χ1v) is 4.59. The Labute approximate surface area is 83.7 Å². The van der Waals surface area contributed by atoms with Crippen LogP contribution in [0.5, 0.6) is 0 Å². The van der Waals surface area contributed by atoms with Crippen molar-refractivity contribution in [3.8, 4) is 0 Å². The van der Waals surface area contributed by atoms with Gasteiger partial charge in [0.05, 0.1) is 0 Å². The Bertz CT molecular complexity index is 337. The summed E-state index contributed by atoms with van der Waals surface area (Å²) in [6.45, 7) is 3.66. The molecule has 0 bridgehead atoms. The summed E-state index contributed by atoms with van der Waals surface area (Å²) >= 11 is 0. The van der Waals surface area contributed by atoms with Gasteiger partial charge in [0.25, 0.3) is 0 Å². The van der Waals surface area contributed by atoms with Crippen LogP contribution < -0.4 is 0 Å². The smallest absolute Gasteiger partial charge is 0.00788 e. The predicted octanol–water partition coefficient (Wildman–Crippen LogP) is 3.83. The maximum absolute atomic E-state index is 8.15. The summed E-state index contributed by atoms with van der Waals surface area (Å²) in [6.07, 6.45) is 2.74. The first kappa shape index (κ1) is 10.4. The average molecular weight is 187 g/mol. The van der Waals surface area contributed by atoms with E-state index in [2.05, 4.69) is 28.7 Å². The van der Waals surface area contributed by atoms with Crippen molar-refractivity contribution >= 4 is 0 Å². The topological polar surface area (TPSA) is 48.8 Å². The second-order valence-corrected chi connectivity index (χ2v) is 3.09. The lowest BCUT2D eigenvalue weighted by Crippen LogP contribution is -1.85. The highest BCUT2D eigenvalue weighted by Crippen LogP contribution is 2.09. The van der Waals surface area contributed by atoms with Crippen molar-refractivity contribution in [2.24, 2.45) is 5.11 Å². The first-order valence-electron chi connectivity index (χ1n) is 4.59. The fraction of sp³-hybridized carbons (Fsp3) is 0.273. The van der Waals surface area contributed by atoms with Crippen LogP contribution in [-0.2, 0) is 6.42 Å². The number of benzene rings is 1. The Kier molecular flexibility index (Phi) is 4.32. The highest BCUT2D eigenvalue weighted by molar-refractivity contribution is 5.14. The number of hydrogen-bond donors (Lipinski definition) is 0. The molecule has 0 N–H and O–H groups in total. The number of aryl methyl sites for hydroxylation is 1. The molecule has 1 aromatic carbocycles. The van der Waals surface area contributed by atoms with E-state index in [1.807, 2.05) is 18.2 Å². The van der Waals surface area contributed by atoms with Crippen LogP contribution in [0.3, 0.4) is 0 Å². The van der Waals surface area contributed by atoms with Gasteiger partial charge in [-0.2, -0.15) is 0 Å². The molecule has 0 aliphatic carbocycles. The summed E-state index contributed by atoms with van der Waals surface area (Å²) in [6, 6.07) is 10.2. The van der Waals surface area contributed by atoms with Gasteiger partial charge in [-0.3, -0.25) is 0 Å². The highest BCUT2D eigenvalue weighted by Gasteiger charge is 1.93. The van der Waals surface area contributed by atoms with Gasteiger partial charge in [0.1, 0.15) is 0 Å². The summed E-state index contributed by atoms with van der Waals surface area (Å²) in [5.41, 5.74) is 10.1. The van der Waals surface area contributed by atoms with Crippen LogP contribution in [0.4, 0.5) is 0 Å². The molecule has 3 nitrogen and oxygen atoms in total. The lowest BCUT2D eigenvalue weighted by atomic mass is 10.1. The van der Waals surface area contributed by atoms with Gasteiger partial charge in [0, 0.05) is 10.6 Å². The number of azide groups is 1. The van der Waals surface area contributed by atoms with Crippen molar-refractivity contribution in [1.29, 1.82) is 0 Å². The molecule has 0 radical (unpaired) electrons. The largest absolute Gasteiger partial charge is 0.0936 e. The van der Waals surface area contributed by atoms with E-state index in [0.29, 0.717) is 5.70 Å². The van der Waals surface area contributed by atoms with Crippen molar-refractivity contribution in [3.63, 3.8) is 0 Å². The molecule has 3 heteroatoms. The zero-order valence-corrected chi connectivity index (χ0v) is 8.06. The van der Waals surface area contributed by atoms with Crippen LogP contribution in [0.15, 0.2) is 47.7 Å². The van der Waals surface area contributed by atoms with Gasteiger partial charge in [-0.05, 0) is 30.4 Å². The summed E-state index contributed by atoms with van der Waals surface area (Å²) in [5, 5.41) is 3.44. The average Bonchev–Trinajstić information content (AvgIpc) is 2.20. The third-order valence-electron chi connectivity index (χ3n) is 1.96. The van der Waals surface area contributed by atoms with Crippen molar-refractivity contribution in [2.45, 2.75) is 19.3 Å². The minimum absolute atomic E-state index is 0.614. The zero-order chi connectivity index (χ0) is 10.2. The summed E-state index contributed by atoms with van der Waals surface area (Å²) in [7, 11) is 0. The normalized spacial score (nSPS) is 9.14. The third-order valence-corrected chi connectivity index (χ3v) is 1.96. The molecule has 0 aliphatic heterocycles. The molecule has 72 valence electrons. The zero-order valence-electron chi connectivity index (χ0n) is 8.06. The van der Waals surface area contributed by atoms with Crippen LogP contribution in [0, 0.1) is 0 Å². The van der Waals surface area contributed by atoms with Gasteiger partial charge in [0.15, 0.2) is 0 Å². The molecule has 0 heterocycles. The van der Waals surface area contributed by atoms with Gasteiger partial charge < -0.3 is 0 Å². The number of rotatable bonds is 5. The van der Waals surface area contributed by atoms with Gasteiger partial charge in [-0.1, -0.05) is 42.0 Å². The van der Waals surface area contributed by atoms with E-state index in [0.717, 1.165) is 19.3 Å². The molecule has 1 aromatic rings. The first-order chi connectivity index (χ1) is 6.83. The molecule has 0 unspecified atom stereocenters. The summed E-state index contributed by atoms with van der Waals surface area (Å²) in [5.74, 6) is 0. The molecular formula is C11H13N3.